The number of hydrogen-bond acceptors (Lipinski definition) is 0. The van der Waals surface area contributed by atoms with E-state index in [0.29, 0.717) is 5.92 Å². The number of aromatic nitrogens is 1. The van der Waals surface area contributed by atoms with Gasteiger partial charge in [0.15, 0.2) is 18.4 Å². The summed E-state index contributed by atoms with van der Waals surface area (Å²) < 4.78 is 2.35. The average molecular weight is 284 g/mol. The smallest absolute Gasteiger partial charge is 0.193 e. The predicted octanol–water partition coefficient (Wildman–Crippen LogP) is 4.18. The van der Waals surface area contributed by atoms with Crippen LogP contribution in [0, 0.1) is 0 Å². The van der Waals surface area contributed by atoms with Crippen molar-refractivity contribution in [1.82, 2.24) is 0 Å². The summed E-state index contributed by atoms with van der Waals surface area (Å²) in [6.07, 6.45) is 6.72. The third-order valence-corrected chi connectivity index (χ3v) is 4.29. The highest BCUT2D eigenvalue weighted by atomic mass is 15.0. The Balaban J connectivity index is 1.73. The fraction of sp³-hybridized carbons (Fsp3) is 0.0952. The molecule has 1 atom stereocenters. The fourth-order valence-corrected chi connectivity index (χ4v) is 3.20. The second-order valence-electron chi connectivity index (χ2n) is 5.70. The highest BCUT2D eigenvalue weighted by Crippen LogP contribution is 2.33. The lowest BCUT2D eigenvalue weighted by molar-refractivity contribution is -0.696. The van der Waals surface area contributed by atoms with E-state index in [1.807, 2.05) is 0 Å². The quantitative estimate of drug-likeness (QED) is 0.635. The lowest BCUT2D eigenvalue weighted by Crippen LogP contribution is -2.39. The van der Waals surface area contributed by atoms with Crippen molar-refractivity contribution in [3.63, 3.8) is 0 Å². The highest BCUT2D eigenvalue weighted by Gasteiger charge is 2.26. The Morgan fingerprint density at radius 1 is 0.773 bits per heavy atom. The molecule has 1 unspecified atom stereocenters. The van der Waals surface area contributed by atoms with Crippen molar-refractivity contribution in [2.75, 3.05) is 0 Å². The first-order valence-corrected chi connectivity index (χ1v) is 7.71. The Bertz CT molecular complexity index is 818. The van der Waals surface area contributed by atoms with Gasteiger partial charge in [0.2, 0.25) is 0 Å². The van der Waals surface area contributed by atoms with Gasteiger partial charge in [0.25, 0.3) is 0 Å². The van der Waals surface area contributed by atoms with Crippen molar-refractivity contribution in [1.29, 1.82) is 0 Å². The molecule has 106 valence electrons. The van der Waals surface area contributed by atoms with Crippen molar-refractivity contribution in [2.24, 2.45) is 0 Å². The minimum absolute atomic E-state index is 0.348. The van der Waals surface area contributed by atoms with Crippen LogP contribution >= 0.6 is 0 Å². The Morgan fingerprint density at radius 3 is 2.45 bits per heavy atom. The third kappa shape index (κ3) is 2.35. The SMILES string of the molecule is C1=CC(c2cccc[n+]2Cc2ccccc2)c2ccccc21. The van der Waals surface area contributed by atoms with Crippen LogP contribution in [-0.4, -0.2) is 0 Å². The van der Waals surface area contributed by atoms with Gasteiger partial charge in [0.05, 0.1) is 5.92 Å². The Hall–Kier alpha value is -2.67. The molecular formula is C21H18N+. The van der Waals surface area contributed by atoms with Crippen LogP contribution < -0.4 is 4.57 Å². The number of pyridine rings is 1. The number of nitrogens with zero attached hydrogens (tertiary/aromatic N) is 1. The van der Waals surface area contributed by atoms with E-state index >= 15 is 0 Å². The van der Waals surface area contributed by atoms with E-state index in [2.05, 4.69) is 95.7 Å². The molecule has 1 aliphatic rings. The molecule has 0 radical (unpaired) electrons. The normalized spacial score (nSPS) is 15.7. The molecule has 4 rings (SSSR count). The topological polar surface area (TPSA) is 3.88 Å². The Morgan fingerprint density at radius 2 is 1.55 bits per heavy atom. The first kappa shape index (κ1) is 13.0. The van der Waals surface area contributed by atoms with Crippen LogP contribution in [0.2, 0.25) is 0 Å². The maximum absolute atomic E-state index is 2.35. The zero-order chi connectivity index (χ0) is 14.8. The van der Waals surface area contributed by atoms with Crippen LogP contribution in [0.3, 0.4) is 0 Å². The third-order valence-electron chi connectivity index (χ3n) is 4.29. The van der Waals surface area contributed by atoms with E-state index in [4.69, 9.17) is 0 Å². The highest BCUT2D eigenvalue weighted by molar-refractivity contribution is 5.64. The molecule has 0 aliphatic heterocycles. The second-order valence-corrected chi connectivity index (χ2v) is 5.70. The minimum atomic E-state index is 0.348. The summed E-state index contributed by atoms with van der Waals surface area (Å²) in [7, 11) is 0. The van der Waals surface area contributed by atoms with Gasteiger partial charge in [-0.25, -0.2) is 0 Å². The van der Waals surface area contributed by atoms with Gasteiger partial charge in [-0.15, -0.1) is 0 Å². The molecule has 0 saturated heterocycles. The first-order valence-electron chi connectivity index (χ1n) is 7.71. The van der Waals surface area contributed by atoms with Gasteiger partial charge < -0.3 is 0 Å². The molecule has 1 heteroatoms. The second kappa shape index (κ2) is 5.61. The van der Waals surface area contributed by atoms with E-state index in [-0.39, 0.29) is 0 Å². The number of allylic oxidation sites excluding steroid dienone is 1. The monoisotopic (exact) mass is 284 g/mol. The van der Waals surface area contributed by atoms with Gasteiger partial charge >= 0.3 is 0 Å². The van der Waals surface area contributed by atoms with E-state index in [1.54, 1.807) is 0 Å². The molecule has 0 N–H and O–H groups in total. The van der Waals surface area contributed by atoms with Crippen molar-refractivity contribution in [3.8, 4) is 0 Å². The molecule has 0 saturated carbocycles. The van der Waals surface area contributed by atoms with Crippen LogP contribution in [0.15, 0.2) is 85.1 Å². The van der Waals surface area contributed by atoms with Crippen LogP contribution in [0.1, 0.15) is 28.3 Å². The van der Waals surface area contributed by atoms with Crippen molar-refractivity contribution in [2.45, 2.75) is 12.5 Å². The van der Waals surface area contributed by atoms with Crippen LogP contribution in [-0.2, 0) is 6.54 Å². The van der Waals surface area contributed by atoms with Crippen LogP contribution in [0.4, 0.5) is 0 Å². The Labute approximate surface area is 131 Å². The summed E-state index contributed by atoms with van der Waals surface area (Å²) in [6.45, 7) is 0.906. The van der Waals surface area contributed by atoms with Crippen molar-refractivity contribution >= 4 is 6.08 Å². The van der Waals surface area contributed by atoms with Gasteiger partial charge in [-0.2, -0.15) is 4.57 Å². The summed E-state index contributed by atoms with van der Waals surface area (Å²) in [6, 6.07) is 25.8. The zero-order valence-corrected chi connectivity index (χ0v) is 12.4. The molecule has 1 aliphatic carbocycles. The molecule has 22 heavy (non-hydrogen) atoms. The van der Waals surface area contributed by atoms with E-state index in [9.17, 15) is 0 Å². The molecule has 1 heterocycles. The summed E-state index contributed by atoms with van der Waals surface area (Å²) in [5.74, 6) is 0.348. The fourth-order valence-electron chi connectivity index (χ4n) is 3.20. The summed E-state index contributed by atoms with van der Waals surface area (Å²) in [4.78, 5) is 0. The summed E-state index contributed by atoms with van der Waals surface area (Å²) in [5, 5.41) is 0. The summed E-state index contributed by atoms with van der Waals surface area (Å²) in [5.41, 5.74) is 5.40. The number of hydrogen-bond donors (Lipinski definition) is 0. The number of fused-ring (bicyclic) bond motifs is 1. The lowest BCUT2D eigenvalue weighted by Gasteiger charge is -2.11. The number of benzene rings is 2. The zero-order valence-electron chi connectivity index (χ0n) is 12.4. The predicted molar refractivity (Wildman–Crippen MR) is 89.5 cm³/mol. The van der Waals surface area contributed by atoms with E-state index < -0.39 is 0 Å². The first-order chi connectivity index (χ1) is 10.9. The average Bonchev–Trinajstić information content (AvgIpc) is 3.00. The standard InChI is InChI=1S/C21H18N/c1-2-8-17(9-3-1)16-22-15-7-6-12-21(22)20-14-13-18-10-4-5-11-19(18)20/h1-15,20H,16H2/q+1. The van der Waals surface area contributed by atoms with Gasteiger partial charge in [0, 0.05) is 17.7 Å². The molecule has 2 aromatic carbocycles. The molecule has 1 nitrogen and oxygen atoms in total. The Kier molecular flexibility index (Phi) is 3.32. The molecular weight excluding hydrogens is 266 g/mol. The van der Waals surface area contributed by atoms with Crippen LogP contribution in [0.25, 0.3) is 6.08 Å². The van der Waals surface area contributed by atoms with Crippen molar-refractivity contribution in [3.05, 3.63) is 107 Å². The molecule has 0 fully saturated rings. The van der Waals surface area contributed by atoms with Crippen LogP contribution in [0.5, 0.6) is 0 Å². The maximum atomic E-state index is 2.35. The maximum Gasteiger partial charge on any atom is 0.193 e. The van der Waals surface area contributed by atoms with Crippen molar-refractivity contribution < 1.29 is 4.57 Å². The molecule has 0 amide bonds. The molecule has 0 spiro atoms. The number of rotatable bonds is 3. The molecule has 3 aromatic rings. The lowest BCUT2D eigenvalue weighted by atomic mass is 9.96. The van der Waals surface area contributed by atoms with E-state index in [1.165, 1.54) is 22.4 Å². The van der Waals surface area contributed by atoms with E-state index in [0.717, 1.165) is 6.54 Å². The van der Waals surface area contributed by atoms with Gasteiger partial charge in [-0.05, 0) is 11.1 Å². The van der Waals surface area contributed by atoms with Gasteiger partial charge in [0.1, 0.15) is 0 Å². The molecule has 1 aromatic heterocycles. The largest absolute Gasteiger partial charge is 0.197 e. The van der Waals surface area contributed by atoms with Gasteiger partial charge in [-0.1, -0.05) is 72.8 Å². The summed E-state index contributed by atoms with van der Waals surface area (Å²) >= 11 is 0. The molecule has 0 bridgehead atoms. The van der Waals surface area contributed by atoms with Gasteiger partial charge in [-0.3, -0.25) is 0 Å². The minimum Gasteiger partial charge on any atom is -0.197 e.